The molecular formula is C26H36N6O6S. The molecule has 3 amide bonds. The number of thioether (sulfide) groups is 1. The van der Waals surface area contributed by atoms with Gasteiger partial charge in [-0.05, 0) is 49.3 Å². The molecule has 3 aromatic rings. The molecule has 0 saturated carbocycles. The molecule has 0 saturated heterocycles. The molecule has 1 atom stereocenters. The van der Waals surface area contributed by atoms with Crippen LogP contribution in [-0.4, -0.2) is 60.8 Å². The number of amides is 3. The Morgan fingerprint density at radius 2 is 1.67 bits per heavy atom. The van der Waals surface area contributed by atoms with E-state index in [0.29, 0.717) is 22.7 Å². The minimum absolute atomic E-state index is 0.387. The van der Waals surface area contributed by atoms with Crippen LogP contribution in [0.3, 0.4) is 0 Å². The van der Waals surface area contributed by atoms with Crippen LogP contribution in [0.4, 0.5) is 20.3 Å². The summed E-state index contributed by atoms with van der Waals surface area (Å²) in [5.74, 6) is 1.43. The summed E-state index contributed by atoms with van der Waals surface area (Å²) >= 11 is 1.42. The number of anilines is 1. The number of ether oxygens (including phenoxy) is 2. The number of carbonyl (C=O) groups is 3. The lowest BCUT2D eigenvalue weighted by Crippen LogP contribution is -2.22. The van der Waals surface area contributed by atoms with Crippen molar-refractivity contribution in [2.75, 3.05) is 32.8 Å². The summed E-state index contributed by atoms with van der Waals surface area (Å²) in [5.41, 5.74) is 2.75. The minimum atomic E-state index is -0.548. The summed E-state index contributed by atoms with van der Waals surface area (Å²) in [7, 11) is 4.33. The molecule has 1 unspecified atom stereocenters. The smallest absolute Gasteiger partial charge is 0.433 e. The van der Waals surface area contributed by atoms with Crippen molar-refractivity contribution < 1.29 is 28.7 Å². The fourth-order valence-electron chi connectivity index (χ4n) is 2.70. The average Bonchev–Trinajstić information content (AvgIpc) is 3.38. The summed E-state index contributed by atoms with van der Waals surface area (Å²) in [5, 5.41) is 11.3. The lowest BCUT2D eigenvalue weighted by molar-refractivity contribution is 0.153. The van der Waals surface area contributed by atoms with Gasteiger partial charge in [-0.2, -0.15) is 0 Å². The van der Waals surface area contributed by atoms with Gasteiger partial charge in [0.05, 0.1) is 18.1 Å². The molecular weight excluding hydrogens is 524 g/mol. The van der Waals surface area contributed by atoms with Gasteiger partial charge < -0.3 is 25.1 Å². The van der Waals surface area contributed by atoms with Gasteiger partial charge >= 0.3 is 18.3 Å². The lowest BCUT2D eigenvalue weighted by atomic mass is 9.98. The van der Waals surface area contributed by atoms with Gasteiger partial charge in [0.2, 0.25) is 5.95 Å². The second-order valence-electron chi connectivity index (χ2n) is 7.65. The minimum Gasteiger partial charge on any atom is -0.453 e. The number of oxime groups is 1. The van der Waals surface area contributed by atoms with Crippen LogP contribution in [0.5, 0.6) is 5.75 Å². The molecule has 1 heterocycles. The topological polar surface area (TPSA) is 156 Å². The summed E-state index contributed by atoms with van der Waals surface area (Å²) in [6.45, 7) is 5.99. The molecule has 0 fully saturated rings. The SMILES string of the molecule is CCC(C)c1ccccc1OC(=O)NC.CNC(=O)O/N=C(\C)SC.COC(=O)Nc1nc2ccccc2[nH]1. The van der Waals surface area contributed by atoms with E-state index in [1.807, 2.05) is 54.8 Å². The second-order valence-corrected chi connectivity index (χ2v) is 8.65. The Morgan fingerprint density at radius 1 is 1.03 bits per heavy atom. The van der Waals surface area contributed by atoms with Crippen molar-refractivity contribution in [1.82, 2.24) is 20.6 Å². The summed E-state index contributed by atoms with van der Waals surface area (Å²) < 4.78 is 9.61. The van der Waals surface area contributed by atoms with E-state index in [0.717, 1.165) is 23.0 Å². The van der Waals surface area contributed by atoms with Crippen LogP contribution in [0.15, 0.2) is 53.7 Å². The number of para-hydroxylation sites is 3. The number of aromatic nitrogens is 2. The van der Waals surface area contributed by atoms with Crippen molar-refractivity contribution in [3.63, 3.8) is 0 Å². The van der Waals surface area contributed by atoms with E-state index in [9.17, 15) is 14.4 Å². The van der Waals surface area contributed by atoms with Gasteiger partial charge in [-0.25, -0.2) is 19.4 Å². The van der Waals surface area contributed by atoms with E-state index in [4.69, 9.17) is 4.74 Å². The van der Waals surface area contributed by atoms with Gasteiger partial charge in [0.25, 0.3) is 0 Å². The fourth-order valence-corrected chi connectivity index (χ4v) is 2.81. The zero-order valence-electron chi connectivity index (χ0n) is 23.2. The van der Waals surface area contributed by atoms with Crippen LogP contribution < -0.4 is 20.7 Å². The quantitative estimate of drug-likeness (QED) is 0.134. The van der Waals surface area contributed by atoms with Crippen LogP contribution in [0.2, 0.25) is 0 Å². The molecule has 2 aromatic carbocycles. The number of rotatable bonds is 5. The third kappa shape index (κ3) is 12.2. The number of nitrogens with one attached hydrogen (secondary N) is 4. The van der Waals surface area contributed by atoms with E-state index in [2.05, 4.69) is 54.5 Å². The van der Waals surface area contributed by atoms with Gasteiger partial charge in [0, 0.05) is 14.1 Å². The second kappa shape index (κ2) is 18.1. The molecule has 12 nitrogen and oxygen atoms in total. The number of carbonyl (C=O) groups excluding carboxylic acids is 3. The van der Waals surface area contributed by atoms with Gasteiger partial charge in [-0.1, -0.05) is 49.3 Å². The van der Waals surface area contributed by atoms with Crippen molar-refractivity contribution in [2.45, 2.75) is 33.1 Å². The number of nitrogens with zero attached hydrogens (tertiary/aromatic N) is 2. The normalized spacial score (nSPS) is 11.0. The standard InChI is InChI=1S/C12H17NO2.C9H9N3O2.C5H10N2O2S/c1-4-9(2)10-7-5-6-8-11(10)15-12(14)13-3;1-14-9(13)12-8-10-6-4-2-3-5-7(6)11-8;1-4(10-3)7-9-5(8)6-2/h5-9H,4H2,1-3H3,(H,13,14);2-5H,1H3,(H2,10,11,12,13);1-3H3,(H,6,8)/b;;7-4+. The zero-order valence-corrected chi connectivity index (χ0v) is 24.0. The van der Waals surface area contributed by atoms with E-state index in [-0.39, 0.29) is 0 Å². The first kappa shape index (κ1) is 32.8. The van der Waals surface area contributed by atoms with E-state index in [1.54, 1.807) is 14.0 Å². The van der Waals surface area contributed by atoms with Crippen molar-refractivity contribution in [3.05, 3.63) is 54.1 Å². The van der Waals surface area contributed by atoms with Crippen molar-refractivity contribution in [2.24, 2.45) is 5.16 Å². The molecule has 3 rings (SSSR count). The number of hydrogen-bond acceptors (Lipinski definition) is 9. The summed E-state index contributed by atoms with van der Waals surface area (Å²) in [6, 6.07) is 15.1. The molecule has 212 valence electrons. The third-order valence-electron chi connectivity index (χ3n) is 5.02. The summed E-state index contributed by atoms with van der Waals surface area (Å²) in [6.07, 6.45) is 1.36. The van der Waals surface area contributed by atoms with Gasteiger partial charge in [-0.15, -0.1) is 11.8 Å². The number of H-pyrrole nitrogens is 1. The molecule has 13 heteroatoms. The number of fused-ring (bicyclic) bond motifs is 1. The predicted octanol–water partition coefficient (Wildman–Crippen LogP) is 5.70. The Bertz CT molecular complexity index is 1200. The average molecular weight is 561 g/mol. The lowest BCUT2D eigenvalue weighted by Gasteiger charge is -2.13. The van der Waals surface area contributed by atoms with Gasteiger partial charge in [0.1, 0.15) is 10.8 Å². The molecule has 0 bridgehead atoms. The molecule has 0 aliphatic carbocycles. The number of imidazole rings is 1. The summed E-state index contributed by atoms with van der Waals surface area (Å²) in [4.78, 5) is 43.8. The highest BCUT2D eigenvalue weighted by molar-refractivity contribution is 8.13. The maximum atomic E-state index is 11.1. The Morgan fingerprint density at radius 3 is 2.26 bits per heavy atom. The van der Waals surface area contributed by atoms with Crippen LogP contribution in [0, 0.1) is 0 Å². The van der Waals surface area contributed by atoms with Gasteiger partial charge in [-0.3, -0.25) is 10.2 Å². The molecule has 0 radical (unpaired) electrons. The van der Waals surface area contributed by atoms with Crippen LogP contribution >= 0.6 is 11.8 Å². The predicted molar refractivity (Wildman–Crippen MR) is 155 cm³/mol. The Labute approximate surface area is 232 Å². The number of aromatic amines is 1. The van der Waals surface area contributed by atoms with Crippen LogP contribution in [-0.2, 0) is 9.57 Å². The number of hydrogen-bond donors (Lipinski definition) is 4. The van der Waals surface area contributed by atoms with E-state index >= 15 is 0 Å². The molecule has 0 aliphatic rings. The molecule has 39 heavy (non-hydrogen) atoms. The largest absolute Gasteiger partial charge is 0.453 e. The van der Waals surface area contributed by atoms with Crippen LogP contribution in [0.25, 0.3) is 11.0 Å². The zero-order chi connectivity index (χ0) is 29.2. The highest BCUT2D eigenvalue weighted by atomic mass is 32.2. The Hall–Kier alpha value is -4.26. The first-order valence-corrected chi connectivity index (χ1v) is 13.2. The number of benzene rings is 2. The van der Waals surface area contributed by atoms with E-state index in [1.165, 1.54) is 25.9 Å². The Balaban J connectivity index is 0.000000299. The molecule has 4 N–H and O–H groups in total. The highest BCUT2D eigenvalue weighted by Crippen LogP contribution is 2.28. The van der Waals surface area contributed by atoms with Crippen molar-refractivity contribution in [3.8, 4) is 5.75 Å². The first-order chi connectivity index (χ1) is 18.7. The molecule has 0 spiro atoms. The number of methoxy groups -OCH3 is 1. The van der Waals surface area contributed by atoms with Gasteiger partial charge in [0.15, 0.2) is 0 Å². The maximum absolute atomic E-state index is 11.1. The monoisotopic (exact) mass is 560 g/mol. The molecule has 0 aliphatic heterocycles. The third-order valence-corrected chi connectivity index (χ3v) is 5.69. The maximum Gasteiger partial charge on any atom is 0.433 e. The van der Waals surface area contributed by atoms with Crippen LogP contribution in [0.1, 0.15) is 38.7 Å². The Kier molecular flexibility index (Phi) is 15.2. The first-order valence-electron chi connectivity index (χ1n) is 11.9. The highest BCUT2D eigenvalue weighted by Gasteiger charge is 2.11. The van der Waals surface area contributed by atoms with Crippen molar-refractivity contribution >= 4 is 52.1 Å². The van der Waals surface area contributed by atoms with Crippen molar-refractivity contribution in [1.29, 1.82) is 0 Å². The van der Waals surface area contributed by atoms with E-state index < -0.39 is 18.3 Å². The fraction of sp³-hybridized carbons (Fsp3) is 0.346. The molecule has 1 aromatic heterocycles.